The Morgan fingerprint density at radius 3 is 2.95 bits per heavy atom. The molecular weight excluding hydrogens is 261 g/mol. The number of aliphatic hydroxyl groups is 1. The number of aliphatic hydroxyl groups excluding tert-OH is 1. The Morgan fingerprint density at radius 2 is 2.25 bits per heavy atom. The number of benzene rings is 1. The van der Waals surface area contributed by atoms with E-state index in [-0.39, 0.29) is 24.4 Å². The summed E-state index contributed by atoms with van der Waals surface area (Å²) in [5.74, 6) is -0.265. The van der Waals surface area contributed by atoms with E-state index in [1.54, 1.807) is 6.07 Å². The Labute approximate surface area is 117 Å². The van der Waals surface area contributed by atoms with Crippen molar-refractivity contribution in [1.29, 1.82) is 0 Å². The van der Waals surface area contributed by atoms with Gasteiger partial charge in [-0.3, -0.25) is 0 Å². The topological polar surface area (TPSA) is 90.9 Å². The highest BCUT2D eigenvalue weighted by Gasteiger charge is 2.26. The van der Waals surface area contributed by atoms with E-state index < -0.39 is 5.82 Å². The number of nitrogens with one attached hydrogen (secondary N) is 1. The summed E-state index contributed by atoms with van der Waals surface area (Å²) >= 11 is 0. The summed E-state index contributed by atoms with van der Waals surface area (Å²) in [6.07, 6.45) is 3.13. The van der Waals surface area contributed by atoms with E-state index in [1.165, 1.54) is 12.1 Å². The Hall–Kier alpha value is -1.66. The molecule has 0 heterocycles. The van der Waals surface area contributed by atoms with Crippen LogP contribution in [-0.2, 0) is 6.54 Å². The Balaban J connectivity index is 2.09. The van der Waals surface area contributed by atoms with E-state index in [9.17, 15) is 9.50 Å². The fourth-order valence-electron chi connectivity index (χ4n) is 2.76. The molecule has 0 aliphatic heterocycles. The largest absolute Gasteiger partial charge is 0.409 e. The average Bonchev–Trinajstić information content (AvgIpc) is 2.92. The Kier molecular flexibility index (Phi) is 4.92. The minimum Gasteiger partial charge on any atom is -0.409 e. The molecule has 0 spiro atoms. The van der Waals surface area contributed by atoms with Gasteiger partial charge < -0.3 is 21.4 Å². The van der Waals surface area contributed by atoms with Gasteiger partial charge in [0.2, 0.25) is 0 Å². The van der Waals surface area contributed by atoms with Gasteiger partial charge >= 0.3 is 0 Å². The smallest absolute Gasteiger partial charge is 0.170 e. The molecule has 2 rings (SSSR count). The standard InChI is InChI=1S/C14H20FN3O2/c15-11-5-4-9(12(6-11)14(16)18-20)7-17-13-3-1-2-10(13)8-19/h4-6,10,13,17,19-20H,1-3,7-8H2,(H2,16,18). The number of oxime groups is 1. The molecule has 1 aliphatic carbocycles. The van der Waals surface area contributed by atoms with Gasteiger partial charge in [0, 0.05) is 24.8 Å². The number of hydrogen-bond acceptors (Lipinski definition) is 4. The molecule has 1 aromatic rings. The highest BCUT2D eigenvalue weighted by Crippen LogP contribution is 2.25. The molecule has 0 saturated heterocycles. The van der Waals surface area contributed by atoms with Gasteiger partial charge in [-0.25, -0.2) is 4.39 Å². The molecule has 1 aliphatic rings. The lowest BCUT2D eigenvalue weighted by Gasteiger charge is -2.20. The zero-order valence-electron chi connectivity index (χ0n) is 11.2. The molecule has 2 unspecified atom stereocenters. The monoisotopic (exact) mass is 281 g/mol. The van der Waals surface area contributed by atoms with Crippen LogP contribution < -0.4 is 11.1 Å². The lowest BCUT2D eigenvalue weighted by atomic mass is 10.0. The van der Waals surface area contributed by atoms with Gasteiger partial charge in [0.25, 0.3) is 0 Å². The summed E-state index contributed by atoms with van der Waals surface area (Å²) in [7, 11) is 0. The van der Waals surface area contributed by atoms with E-state index in [0.29, 0.717) is 12.1 Å². The van der Waals surface area contributed by atoms with Crippen LogP contribution in [0.5, 0.6) is 0 Å². The lowest BCUT2D eigenvalue weighted by Crippen LogP contribution is -2.34. The van der Waals surface area contributed by atoms with Crippen LogP contribution in [-0.4, -0.2) is 28.8 Å². The molecule has 1 saturated carbocycles. The van der Waals surface area contributed by atoms with Crippen molar-refractivity contribution in [2.24, 2.45) is 16.8 Å². The van der Waals surface area contributed by atoms with Gasteiger partial charge in [0.15, 0.2) is 5.84 Å². The van der Waals surface area contributed by atoms with Gasteiger partial charge in [-0.05, 0) is 36.5 Å². The van der Waals surface area contributed by atoms with Crippen molar-refractivity contribution in [1.82, 2.24) is 5.32 Å². The molecule has 1 aromatic carbocycles. The van der Waals surface area contributed by atoms with E-state index in [1.807, 2.05) is 0 Å². The maximum absolute atomic E-state index is 13.3. The first-order valence-electron chi connectivity index (χ1n) is 6.76. The van der Waals surface area contributed by atoms with Crippen molar-refractivity contribution in [3.63, 3.8) is 0 Å². The minimum absolute atomic E-state index is 0.105. The maximum atomic E-state index is 13.3. The van der Waals surface area contributed by atoms with Crippen molar-refractivity contribution >= 4 is 5.84 Å². The summed E-state index contributed by atoms with van der Waals surface area (Å²) in [4.78, 5) is 0. The van der Waals surface area contributed by atoms with Crippen LogP contribution in [0.25, 0.3) is 0 Å². The maximum Gasteiger partial charge on any atom is 0.170 e. The van der Waals surface area contributed by atoms with Crippen LogP contribution in [0, 0.1) is 11.7 Å². The summed E-state index contributed by atoms with van der Waals surface area (Å²) in [5, 5.41) is 24.3. The molecule has 20 heavy (non-hydrogen) atoms. The number of nitrogens with two attached hydrogens (primary N) is 1. The fourth-order valence-corrected chi connectivity index (χ4v) is 2.76. The van der Waals surface area contributed by atoms with Gasteiger partial charge in [-0.1, -0.05) is 17.6 Å². The summed E-state index contributed by atoms with van der Waals surface area (Å²) < 4.78 is 13.3. The Morgan fingerprint density at radius 1 is 1.45 bits per heavy atom. The first-order valence-corrected chi connectivity index (χ1v) is 6.76. The third kappa shape index (κ3) is 3.26. The molecule has 0 aromatic heterocycles. The zero-order valence-corrected chi connectivity index (χ0v) is 11.2. The van der Waals surface area contributed by atoms with E-state index in [4.69, 9.17) is 10.9 Å². The molecule has 110 valence electrons. The minimum atomic E-state index is -0.426. The van der Waals surface area contributed by atoms with Gasteiger partial charge in [-0.2, -0.15) is 0 Å². The quantitative estimate of drug-likeness (QED) is 0.282. The fraction of sp³-hybridized carbons (Fsp3) is 0.500. The van der Waals surface area contributed by atoms with Crippen molar-refractivity contribution in [3.8, 4) is 0 Å². The van der Waals surface area contributed by atoms with Gasteiger partial charge in [0.1, 0.15) is 5.82 Å². The van der Waals surface area contributed by atoms with Gasteiger partial charge in [-0.15, -0.1) is 0 Å². The van der Waals surface area contributed by atoms with Crippen molar-refractivity contribution in [2.75, 3.05) is 6.61 Å². The normalized spacial score (nSPS) is 23.2. The van der Waals surface area contributed by atoms with Crippen LogP contribution in [0.3, 0.4) is 0 Å². The third-order valence-corrected chi connectivity index (χ3v) is 3.90. The number of halogens is 1. The average molecular weight is 281 g/mol. The predicted molar refractivity (Wildman–Crippen MR) is 74.0 cm³/mol. The van der Waals surface area contributed by atoms with Crippen LogP contribution in [0.2, 0.25) is 0 Å². The number of nitrogens with zero attached hydrogens (tertiary/aromatic N) is 1. The molecule has 5 nitrogen and oxygen atoms in total. The first kappa shape index (κ1) is 14.7. The number of amidine groups is 1. The molecular formula is C14H20FN3O2. The van der Waals surface area contributed by atoms with E-state index in [0.717, 1.165) is 24.8 Å². The molecule has 5 N–H and O–H groups in total. The first-order chi connectivity index (χ1) is 9.65. The Bertz CT molecular complexity index is 493. The zero-order chi connectivity index (χ0) is 14.5. The SMILES string of the molecule is N/C(=N/O)c1cc(F)ccc1CNC1CCCC1CO. The lowest BCUT2D eigenvalue weighted by molar-refractivity contribution is 0.205. The summed E-state index contributed by atoms with van der Waals surface area (Å²) in [6.45, 7) is 0.668. The molecule has 0 bridgehead atoms. The van der Waals surface area contributed by atoms with Crippen molar-refractivity contribution in [3.05, 3.63) is 35.1 Å². The summed E-state index contributed by atoms with van der Waals surface area (Å²) in [5.41, 5.74) is 6.72. The van der Waals surface area contributed by atoms with Crippen LogP contribution in [0.15, 0.2) is 23.4 Å². The van der Waals surface area contributed by atoms with Crippen molar-refractivity contribution < 1.29 is 14.7 Å². The van der Waals surface area contributed by atoms with Crippen LogP contribution in [0.4, 0.5) is 4.39 Å². The molecule has 6 heteroatoms. The third-order valence-electron chi connectivity index (χ3n) is 3.90. The predicted octanol–water partition coefficient (Wildman–Crippen LogP) is 1.17. The molecule has 0 amide bonds. The van der Waals surface area contributed by atoms with Gasteiger partial charge in [0.05, 0.1) is 0 Å². The second-order valence-electron chi connectivity index (χ2n) is 5.15. The summed E-state index contributed by atoms with van der Waals surface area (Å²) in [6, 6.07) is 4.48. The van der Waals surface area contributed by atoms with Crippen LogP contribution >= 0.6 is 0 Å². The van der Waals surface area contributed by atoms with E-state index in [2.05, 4.69) is 10.5 Å². The second kappa shape index (κ2) is 6.67. The molecule has 2 atom stereocenters. The highest BCUT2D eigenvalue weighted by molar-refractivity contribution is 5.98. The second-order valence-corrected chi connectivity index (χ2v) is 5.15. The number of rotatable bonds is 5. The molecule has 0 radical (unpaired) electrons. The number of hydrogen-bond donors (Lipinski definition) is 4. The highest BCUT2D eigenvalue weighted by atomic mass is 19.1. The van der Waals surface area contributed by atoms with Crippen molar-refractivity contribution in [2.45, 2.75) is 31.8 Å². The molecule has 1 fully saturated rings. The van der Waals surface area contributed by atoms with Crippen LogP contribution in [0.1, 0.15) is 30.4 Å². The van der Waals surface area contributed by atoms with E-state index >= 15 is 0 Å².